The van der Waals surface area contributed by atoms with Crippen molar-refractivity contribution in [3.05, 3.63) is 48.6 Å². The van der Waals surface area contributed by atoms with E-state index in [0.717, 1.165) is 5.56 Å². The van der Waals surface area contributed by atoms with Gasteiger partial charge >= 0.3 is 0 Å². The van der Waals surface area contributed by atoms with E-state index >= 15 is 0 Å². The fourth-order valence-electron chi connectivity index (χ4n) is 1.10. The van der Waals surface area contributed by atoms with Crippen LogP contribution < -0.4 is 0 Å². The first kappa shape index (κ1) is 10.5. The van der Waals surface area contributed by atoms with Crippen molar-refractivity contribution in [2.75, 3.05) is 6.61 Å². The molecule has 0 saturated heterocycles. The van der Waals surface area contributed by atoms with Crippen LogP contribution in [-0.4, -0.2) is 18.0 Å². The molecule has 1 N–H and O–H groups in total. The number of hydrogen-bond acceptors (Lipinski definition) is 3. The number of rotatable bonds is 5. The molecule has 74 valence electrons. The second-order valence-electron chi connectivity index (χ2n) is 2.72. The molecule has 0 bridgehead atoms. The molecule has 0 aromatic heterocycles. The Balaban J connectivity index is 2.72. The van der Waals surface area contributed by atoms with Gasteiger partial charge in [-0.15, -0.1) is 6.58 Å². The van der Waals surface area contributed by atoms with E-state index in [4.69, 9.17) is 9.94 Å². The van der Waals surface area contributed by atoms with Gasteiger partial charge in [-0.2, -0.15) is 0 Å². The zero-order chi connectivity index (χ0) is 10.2. The molecule has 3 nitrogen and oxygen atoms in total. The van der Waals surface area contributed by atoms with Crippen LogP contribution in [0.15, 0.2) is 48.1 Å². The average Bonchev–Trinajstić information content (AvgIpc) is 2.25. The SMILES string of the molecule is C=CCOC(C=NO)c1ccccc1. The predicted octanol–water partition coefficient (Wildman–Crippen LogP) is 2.39. The second kappa shape index (κ2) is 5.94. The van der Waals surface area contributed by atoms with Crippen molar-refractivity contribution in [3.63, 3.8) is 0 Å². The minimum atomic E-state index is -0.320. The Morgan fingerprint density at radius 3 is 2.71 bits per heavy atom. The Bertz CT molecular complexity index is 295. The summed E-state index contributed by atoms with van der Waals surface area (Å²) in [6, 6.07) is 9.56. The molecule has 1 atom stereocenters. The molecular weight excluding hydrogens is 178 g/mol. The van der Waals surface area contributed by atoms with Gasteiger partial charge in [-0.1, -0.05) is 41.6 Å². The normalized spacial score (nSPS) is 12.9. The first-order valence-corrected chi connectivity index (χ1v) is 4.33. The van der Waals surface area contributed by atoms with Crippen molar-refractivity contribution < 1.29 is 9.94 Å². The molecular formula is C11H13NO2. The van der Waals surface area contributed by atoms with Crippen LogP contribution in [0.4, 0.5) is 0 Å². The molecule has 1 aromatic carbocycles. The topological polar surface area (TPSA) is 41.8 Å². The highest BCUT2D eigenvalue weighted by Crippen LogP contribution is 2.14. The van der Waals surface area contributed by atoms with Crippen LogP contribution in [0.25, 0.3) is 0 Å². The van der Waals surface area contributed by atoms with Crippen LogP contribution in [0.2, 0.25) is 0 Å². The monoisotopic (exact) mass is 191 g/mol. The van der Waals surface area contributed by atoms with Gasteiger partial charge in [0.2, 0.25) is 0 Å². The molecule has 0 amide bonds. The first-order chi connectivity index (χ1) is 6.88. The smallest absolute Gasteiger partial charge is 0.121 e. The van der Waals surface area contributed by atoms with Gasteiger partial charge in [0.15, 0.2) is 0 Å². The van der Waals surface area contributed by atoms with Crippen molar-refractivity contribution in [3.8, 4) is 0 Å². The van der Waals surface area contributed by atoms with E-state index in [2.05, 4.69) is 11.7 Å². The van der Waals surface area contributed by atoms with Gasteiger partial charge in [-0.25, -0.2) is 0 Å². The Morgan fingerprint density at radius 2 is 2.14 bits per heavy atom. The molecule has 0 aliphatic rings. The van der Waals surface area contributed by atoms with Crippen molar-refractivity contribution in [1.29, 1.82) is 0 Å². The van der Waals surface area contributed by atoms with E-state index in [9.17, 15) is 0 Å². The highest BCUT2D eigenvalue weighted by molar-refractivity contribution is 5.65. The van der Waals surface area contributed by atoms with Gasteiger partial charge < -0.3 is 9.94 Å². The van der Waals surface area contributed by atoms with Crippen LogP contribution in [-0.2, 0) is 4.74 Å². The van der Waals surface area contributed by atoms with Gasteiger partial charge in [0.05, 0.1) is 12.8 Å². The zero-order valence-electron chi connectivity index (χ0n) is 7.84. The van der Waals surface area contributed by atoms with E-state index < -0.39 is 0 Å². The van der Waals surface area contributed by atoms with Crippen molar-refractivity contribution in [1.82, 2.24) is 0 Å². The molecule has 0 aliphatic heterocycles. The van der Waals surface area contributed by atoms with Crippen molar-refractivity contribution >= 4 is 6.21 Å². The molecule has 0 heterocycles. The van der Waals surface area contributed by atoms with E-state index in [0.29, 0.717) is 6.61 Å². The summed E-state index contributed by atoms with van der Waals surface area (Å²) in [6.45, 7) is 3.98. The van der Waals surface area contributed by atoms with Gasteiger partial charge in [0.25, 0.3) is 0 Å². The molecule has 3 heteroatoms. The molecule has 1 rings (SSSR count). The number of ether oxygens (including phenoxy) is 1. The third-order valence-electron chi connectivity index (χ3n) is 1.72. The molecule has 1 unspecified atom stereocenters. The summed E-state index contributed by atoms with van der Waals surface area (Å²) in [4.78, 5) is 0. The minimum Gasteiger partial charge on any atom is -0.411 e. The van der Waals surface area contributed by atoms with E-state index in [1.165, 1.54) is 6.21 Å². The number of oxime groups is 1. The van der Waals surface area contributed by atoms with Gasteiger partial charge in [-0.05, 0) is 5.56 Å². The standard InChI is InChI=1S/C11H13NO2/c1-2-8-14-11(9-12-13)10-6-4-3-5-7-10/h2-7,9,11,13H,1,8H2. The van der Waals surface area contributed by atoms with Gasteiger partial charge in [0, 0.05) is 0 Å². The van der Waals surface area contributed by atoms with Crippen LogP contribution in [0, 0.1) is 0 Å². The lowest BCUT2D eigenvalue weighted by atomic mass is 10.1. The summed E-state index contributed by atoms with van der Waals surface area (Å²) in [5.41, 5.74) is 0.951. The minimum absolute atomic E-state index is 0.320. The highest BCUT2D eigenvalue weighted by atomic mass is 16.5. The molecule has 0 radical (unpaired) electrons. The highest BCUT2D eigenvalue weighted by Gasteiger charge is 2.07. The van der Waals surface area contributed by atoms with Crippen LogP contribution in [0.1, 0.15) is 11.7 Å². The number of nitrogens with zero attached hydrogens (tertiary/aromatic N) is 1. The van der Waals surface area contributed by atoms with Gasteiger partial charge in [0.1, 0.15) is 6.10 Å². The van der Waals surface area contributed by atoms with Crippen LogP contribution >= 0.6 is 0 Å². The maximum atomic E-state index is 8.46. The fraction of sp³-hybridized carbons (Fsp3) is 0.182. The Hall–Kier alpha value is -1.61. The van der Waals surface area contributed by atoms with Crippen LogP contribution in [0.3, 0.4) is 0 Å². The summed E-state index contributed by atoms with van der Waals surface area (Å²) in [7, 11) is 0. The molecule has 0 fully saturated rings. The van der Waals surface area contributed by atoms with E-state index in [-0.39, 0.29) is 6.10 Å². The first-order valence-electron chi connectivity index (χ1n) is 4.33. The summed E-state index contributed by atoms with van der Waals surface area (Å²) in [5, 5.41) is 11.4. The summed E-state index contributed by atoms with van der Waals surface area (Å²) < 4.78 is 5.39. The summed E-state index contributed by atoms with van der Waals surface area (Å²) in [6.07, 6.45) is 2.68. The summed E-state index contributed by atoms with van der Waals surface area (Å²) >= 11 is 0. The third kappa shape index (κ3) is 3.03. The maximum Gasteiger partial charge on any atom is 0.121 e. The molecule has 1 aromatic rings. The number of benzene rings is 1. The Labute approximate surface area is 83.3 Å². The Kier molecular flexibility index (Phi) is 4.44. The zero-order valence-corrected chi connectivity index (χ0v) is 7.84. The second-order valence-corrected chi connectivity index (χ2v) is 2.72. The molecule has 14 heavy (non-hydrogen) atoms. The quantitative estimate of drug-likeness (QED) is 0.336. The predicted molar refractivity (Wildman–Crippen MR) is 55.6 cm³/mol. The average molecular weight is 191 g/mol. The van der Waals surface area contributed by atoms with E-state index in [1.807, 2.05) is 30.3 Å². The maximum absolute atomic E-state index is 8.46. The van der Waals surface area contributed by atoms with Crippen molar-refractivity contribution in [2.45, 2.75) is 6.10 Å². The number of hydrogen-bond donors (Lipinski definition) is 1. The molecule has 0 spiro atoms. The lowest BCUT2D eigenvalue weighted by Gasteiger charge is -2.11. The molecule has 0 saturated carbocycles. The largest absolute Gasteiger partial charge is 0.411 e. The Morgan fingerprint density at radius 1 is 1.43 bits per heavy atom. The fourth-order valence-corrected chi connectivity index (χ4v) is 1.10. The van der Waals surface area contributed by atoms with Crippen LogP contribution in [0.5, 0.6) is 0 Å². The lowest BCUT2D eigenvalue weighted by molar-refractivity contribution is 0.125. The third-order valence-corrected chi connectivity index (χ3v) is 1.72. The lowest BCUT2D eigenvalue weighted by Crippen LogP contribution is -2.05. The van der Waals surface area contributed by atoms with Crippen molar-refractivity contribution in [2.24, 2.45) is 5.16 Å². The molecule has 0 aliphatic carbocycles. The van der Waals surface area contributed by atoms with Gasteiger partial charge in [-0.3, -0.25) is 0 Å². The summed E-state index contributed by atoms with van der Waals surface area (Å²) in [5.74, 6) is 0. The van der Waals surface area contributed by atoms with E-state index in [1.54, 1.807) is 6.08 Å².